The minimum atomic E-state index is 0.591. The summed E-state index contributed by atoms with van der Waals surface area (Å²) in [6.45, 7) is 0. The van der Waals surface area contributed by atoms with Crippen molar-refractivity contribution in [1.29, 1.82) is 0 Å². The van der Waals surface area contributed by atoms with E-state index in [9.17, 15) is 0 Å². The maximum atomic E-state index is 4.70. The maximum absolute atomic E-state index is 4.70. The number of pyridine rings is 2. The fourth-order valence-electron chi connectivity index (χ4n) is 2.36. The lowest BCUT2D eigenvalue weighted by Gasteiger charge is -2.05. The summed E-state index contributed by atoms with van der Waals surface area (Å²) in [4.78, 5) is 13.2. The van der Waals surface area contributed by atoms with Crippen molar-refractivity contribution in [3.8, 4) is 28.6 Å². The van der Waals surface area contributed by atoms with E-state index in [1.54, 1.807) is 18.6 Å². The highest BCUT2D eigenvalue weighted by Gasteiger charge is 2.15. The topological polar surface area (TPSA) is 56.5 Å². The fraction of sp³-hybridized carbons (Fsp3) is 0. The van der Waals surface area contributed by atoms with Gasteiger partial charge in [0.1, 0.15) is 5.69 Å². The molecule has 0 spiro atoms. The Bertz CT molecular complexity index is 950. The Morgan fingerprint density at radius 3 is 2.46 bits per heavy atom. The zero-order valence-corrected chi connectivity index (χ0v) is 14.7. The summed E-state index contributed by atoms with van der Waals surface area (Å²) < 4.78 is 3.00. The number of hydrogen-bond donors (Lipinski definition) is 0. The Kier molecular flexibility index (Phi) is 4.04. The summed E-state index contributed by atoms with van der Waals surface area (Å²) >= 11 is 2.29. The van der Waals surface area contributed by atoms with Crippen LogP contribution >= 0.6 is 22.6 Å². The third kappa shape index (κ3) is 2.92. The van der Waals surface area contributed by atoms with E-state index in [1.807, 2.05) is 59.3 Å². The molecule has 1 aromatic carbocycles. The van der Waals surface area contributed by atoms with Crippen LogP contribution in [0.5, 0.6) is 0 Å². The van der Waals surface area contributed by atoms with E-state index in [-0.39, 0.29) is 0 Å². The first kappa shape index (κ1) is 14.9. The first-order chi connectivity index (χ1) is 11.8. The van der Waals surface area contributed by atoms with Crippen LogP contribution in [0.25, 0.3) is 28.6 Å². The van der Waals surface area contributed by atoms with Crippen LogP contribution < -0.4 is 0 Å². The third-order valence-electron chi connectivity index (χ3n) is 3.49. The summed E-state index contributed by atoms with van der Waals surface area (Å²) in [5.74, 6) is 1.33. The van der Waals surface area contributed by atoms with Gasteiger partial charge < -0.3 is 0 Å². The maximum Gasteiger partial charge on any atom is 0.200 e. The van der Waals surface area contributed by atoms with E-state index in [0.717, 1.165) is 22.8 Å². The first-order valence-electron chi connectivity index (χ1n) is 7.36. The zero-order valence-electron chi connectivity index (χ0n) is 12.5. The molecule has 0 aliphatic heterocycles. The van der Waals surface area contributed by atoms with E-state index in [0.29, 0.717) is 5.82 Å². The van der Waals surface area contributed by atoms with Crippen LogP contribution in [-0.4, -0.2) is 24.7 Å². The van der Waals surface area contributed by atoms with E-state index in [1.165, 1.54) is 3.57 Å². The summed E-state index contributed by atoms with van der Waals surface area (Å²) in [6, 6.07) is 17.7. The molecule has 0 aliphatic rings. The second-order valence-corrected chi connectivity index (χ2v) is 6.35. The van der Waals surface area contributed by atoms with Gasteiger partial charge in [-0.05, 0) is 71.1 Å². The molecule has 4 rings (SSSR count). The minimum Gasteiger partial charge on any atom is -0.264 e. The average molecular weight is 425 g/mol. The lowest BCUT2D eigenvalue weighted by Crippen LogP contribution is -2.00. The molecule has 0 unspecified atom stereocenters. The van der Waals surface area contributed by atoms with Crippen molar-refractivity contribution >= 4 is 22.6 Å². The fourth-order valence-corrected chi connectivity index (χ4v) is 2.72. The van der Waals surface area contributed by atoms with Gasteiger partial charge in [-0.15, -0.1) is 5.10 Å². The van der Waals surface area contributed by atoms with E-state index < -0.39 is 0 Å². The number of rotatable bonds is 3. The average Bonchev–Trinajstić information content (AvgIpc) is 3.09. The Hall–Kier alpha value is -2.61. The summed E-state index contributed by atoms with van der Waals surface area (Å²) in [7, 11) is 0. The van der Waals surface area contributed by atoms with Gasteiger partial charge in [0.25, 0.3) is 0 Å². The number of nitrogens with zero attached hydrogens (tertiary/aromatic N) is 5. The van der Waals surface area contributed by atoms with Gasteiger partial charge >= 0.3 is 0 Å². The summed E-state index contributed by atoms with van der Waals surface area (Å²) in [6.07, 6.45) is 5.27. The van der Waals surface area contributed by atoms with Gasteiger partial charge in [0.05, 0.1) is 5.69 Å². The van der Waals surface area contributed by atoms with Gasteiger partial charge in [0.2, 0.25) is 5.82 Å². The van der Waals surface area contributed by atoms with Crippen molar-refractivity contribution in [3.05, 3.63) is 76.8 Å². The molecule has 0 fully saturated rings. The standard InChI is InChI=1S/C18H12IN5/c19-14-6-8-15(9-7-14)24-18(13-4-3-10-20-12-13)22-17(23-24)16-5-1-2-11-21-16/h1-12H. The van der Waals surface area contributed by atoms with Crippen LogP contribution in [0.1, 0.15) is 0 Å². The van der Waals surface area contributed by atoms with Crippen LogP contribution in [0.15, 0.2) is 73.2 Å². The highest BCUT2D eigenvalue weighted by molar-refractivity contribution is 14.1. The predicted octanol–water partition coefficient (Wildman–Crippen LogP) is 4.00. The molecule has 0 atom stereocenters. The molecular formula is C18H12IN5. The molecule has 4 aromatic rings. The minimum absolute atomic E-state index is 0.591. The smallest absolute Gasteiger partial charge is 0.200 e. The number of hydrogen-bond acceptors (Lipinski definition) is 4. The molecule has 24 heavy (non-hydrogen) atoms. The first-order valence-corrected chi connectivity index (χ1v) is 8.44. The zero-order chi connectivity index (χ0) is 16.4. The molecule has 0 radical (unpaired) electrons. The molecule has 0 aliphatic carbocycles. The highest BCUT2D eigenvalue weighted by atomic mass is 127. The molecule has 0 saturated heterocycles. The molecule has 116 valence electrons. The quantitative estimate of drug-likeness (QED) is 0.466. The van der Waals surface area contributed by atoms with Crippen molar-refractivity contribution in [2.45, 2.75) is 0 Å². The summed E-state index contributed by atoms with van der Waals surface area (Å²) in [5, 5.41) is 4.67. The van der Waals surface area contributed by atoms with Crippen LogP contribution in [0, 0.1) is 3.57 Å². The van der Waals surface area contributed by atoms with Crippen LogP contribution in [0.2, 0.25) is 0 Å². The third-order valence-corrected chi connectivity index (χ3v) is 4.21. The molecular weight excluding hydrogens is 413 g/mol. The van der Waals surface area contributed by atoms with Crippen LogP contribution in [-0.2, 0) is 0 Å². The lowest BCUT2D eigenvalue weighted by atomic mass is 10.2. The van der Waals surface area contributed by atoms with E-state index >= 15 is 0 Å². The molecule has 0 saturated carbocycles. The van der Waals surface area contributed by atoms with Crippen molar-refractivity contribution < 1.29 is 0 Å². The van der Waals surface area contributed by atoms with Crippen LogP contribution in [0.3, 0.4) is 0 Å². The van der Waals surface area contributed by atoms with Crippen LogP contribution in [0.4, 0.5) is 0 Å². The number of benzene rings is 1. The molecule has 0 bridgehead atoms. The Morgan fingerprint density at radius 1 is 0.875 bits per heavy atom. The van der Waals surface area contributed by atoms with Crippen molar-refractivity contribution in [2.75, 3.05) is 0 Å². The highest BCUT2D eigenvalue weighted by Crippen LogP contribution is 2.24. The SMILES string of the molecule is Ic1ccc(-n2nc(-c3ccccn3)nc2-c2cccnc2)cc1. The van der Waals surface area contributed by atoms with E-state index in [4.69, 9.17) is 4.98 Å². The van der Waals surface area contributed by atoms with Crippen molar-refractivity contribution in [1.82, 2.24) is 24.7 Å². The lowest BCUT2D eigenvalue weighted by molar-refractivity contribution is 0.887. The van der Waals surface area contributed by atoms with Gasteiger partial charge in [-0.2, -0.15) is 0 Å². The van der Waals surface area contributed by atoms with E-state index in [2.05, 4.69) is 37.7 Å². The largest absolute Gasteiger partial charge is 0.264 e. The van der Waals surface area contributed by atoms with Gasteiger partial charge in [0.15, 0.2) is 5.82 Å². The number of halogens is 1. The Labute approximate surface area is 152 Å². The molecule has 6 heteroatoms. The normalized spacial score (nSPS) is 10.7. The Balaban J connectivity index is 1.90. The summed E-state index contributed by atoms with van der Waals surface area (Å²) in [5.41, 5.74) is 2.60. The molecule has 3 aromatic heterocycles. The molecule has 0 N–H and O–H groups in total. The monoisotopic (exact) mass is 425 g/mol. The second kappa shape index (κ2) is 6.48. The molecule has 0 amide bonds. The van der Waals surface area contributed by atoms with Crippen molar-refractivity contribution in [3.63, 3.8) is 0 Å². The Morgan fingerprint density at radius 2 is 1.75 bits per heavy atom. The molecule has 3 heterocycles. The van der Waals surface area contributed by atoms with Gasteiger partial charge in [-0.3, -0.25) is 9.97 Å². The van der Waals surface area contributed by atoms with Gasteiger partial charge in [0, 0.05) is 27.7 Å². The van der Waals surface area contributed by atoms with Gasteiger partial charge in [-0.25, -0.2) is 9.67 Å². The predicted molar refractivity (Wildman–Crippen MR) is 101 cm³/mol. The number of aromatic nitrogens is 5. The molecule has 5 nitrogen and oxygen atoms in total. The van der Waals surface area contributed by atoms with Gasteiger partial charge in [-0.1, -0.05) is 6.07 Å². The van der Waals surface area contributed by atoms with Crippen molar-refractivity contribution in [2.24, 2.45) is 0 Å². The second-order valence-electron chi connectivity index (χ2n) is 5.10.